The number of hydrogen-bond donors (Lipinski definition) is 2. The maximum atomic E-state index is 11.9. The third-order valence-corrected chi connectivity index (χ3v) is 2.62. The molecule has 0 aliphatic heterocycles. The van der Waals surface area contributed by atoms with Gasteiger partial charge in [0.05, 0.1) is 6.10 Å². The van der Waals surface area contributed by atoms with Crippen LogP contribution in [-0.2, 0) is 4.79 Å². The minimum atomic E-state index is -0.859. The topological polar surface area (TPSA) is 75.6 Å². The van der Waals surface area contributed by atoms with Crippen LogP contribution in [0.2, 0.25) is 0 Å². The molecule has 0 fully saturated rings. The van der Waals surface area contributed by atoms with E-state index in [4.69, 9.17) is 9.84 Å². The van der Waals surface area contributed by atoms with Gasteiger partial charge in [0.15, 0.2) is 0 Å². The Bertz CT molecular complexity index is 453. The van der Waals surface area contributed by atoms with Crippen molar-refractivity contribution < 1.29 is 19.4 Å². The van der Waals surface area contributed by atoms with Crippen LogP contribution < -0.4 is 10.1 Å². The van der Waals surface area contributed by atoms with Crippen molar-refractivity contribution in [3.63, 3.8) is 0 Å². The Balaban J connectivity index is 2.49. The average molecular weight is 279 g/mol. The average Bonchev–Trinajstić information content (AvgIpc) is 2.35. The predicted octanol–water partition coefficient (Wildman–Crippen LogP) is 2.31. The third kappa shape index (κ3) is 5.73. The first-order valence-corrected chi connectivity index (χ1v) is 6.65. The number of rotatable bonds is 7. The minimum absolute atomic E-state index is 0.0431. The molecule has 1 rings (SSSR count). The van der Waals surface area contributed by atoms with Gasteiger partial charge in [-0.3, -0.25) is 9.59 Å². The number of amides is 1. The summed E-state index contributed by atoms with van der Waals surface area (Å²) in [5.41, 5.74) is 0.531. The second-order valence-electron chi connectivity index (χ2n) is 5.10. The molecule has 0 radical (unpaired) electrons. The molecule has 0 heterocycles. The second-order valence-corrected chi connectivity index (χ2v) is 5.10. The lowest BCUT2D eigenvalue weighted by molar-refractivity contribution is -0.137. The first kappa shape index (κ1) is 16.0. The number of carbonyl (C=O) groups excluding carboxylic acids is 1. The van der Waals surface area contributed by atoms with Gasteiger partial charge in [-0.05, 0) is 44.0 Å². The number of ether oxygens (including phenoxy) is 1. The molecule has 20 heavy (non-hydrogen) atoms. The van der Waals surface area contributed by atoms with Crippen LogP contribution in [0, 0.1) is 5.92 Å². The van der Waals surface area contributed by atoms with Gasteiger partial charge in [0, 0.05) is 18.5 Å². The van der Waals surface area contributed by atoms with Crippen LogP contribution >= 0.6 is 0 Å². The fraction of sp³-hybridized carbons (Fsp3) is 0.467. The van der Waals surface area contributed by atoms with Crippen molar-refractivity contribution in [2.45, 2.75) is 33.3 Å². The fourth-order valence-corrected chi connectivity index (χ4v) is 1.70. The van der Waals surface area contributed by atoms with Crippen LogP contribution in [0.4, 0.5) is 0 Å². The van der Waals surface area contributed by atoms with Gasteiger partial charge in [0.2, 0.25) is 0 Å². The molecule has 1 unspecified atom stereocenters. The van der Waals surface area contributed by atoms with Crippen molar-refractivity contribution in [1.29, 1.82) is 0 Å². The highest BCUT2D eigenvalue weighted by Crippen LogP contribution is 2.13. The zero-order chi connectivity index (χ0) is 15.1. The van der Waals surface area contributed by atoms with Crippen molar-refractivity contribution >= 4 is 11.9 Å². The molecule has 1 aromatic carbocycles. The van der Waals surface area contributed by atoms with E-state index in [-0.39, 0.29) is 24.3 Å². The van der Waals surface area contributed by atoms with Crippen LogP contribution in [0.3, 0.4) is 0 Å². The Morgan fingerprint density at radius 1 is 1.20 bits per heavy atom. The smallest absolute Gasteiger partial charge is 0.303 e. The van der Waals surface area contributed by atoms with Gasteiger partial charge in [-0.25, -0.2) is 0 Å². The van der Waals surface area contributed by atoms with Crippen molar-refractivity contribution in [3.8, 4) is 5.75 Å². The molecule has 0 aromatic heterocycles. The first-order chi connectivity index (χ1) is 9.38. The summed E-state index contributed by atoms with van der Waals surface area (Å²) in [7, 11) is 0. The second kappa shape index (κ2) is 7.53. The molecule has 0 spiro atoms. The molecule has 0 bridgehead atoms. The fourth-order valence-electron chi connectivity index (χ4n) is 1.70. The summed E-state index contributed by atoms with van der Waals surface area (Å²) >= 11 is 0. The van der Waals surface area contributed by atoms with Gasteiger partial charge in [0.25, 0.3) is 5.91 Å². The van der Waals surface area contributed by atoms with Crippen LogP contribution in [-0.4, -0.2) is 29.6 Å². The first-order valence-electron chi connectivity index (χ1n) is 6.65. The monoisotopic (exact) mass is 279 g/mol. The van der Waals surface area contributed by atoms with Gasteiger partial charge < -0.3 is 15.2 Å². The summed E-state index contributed by atoms with van der Waals surface area (Å²) in [6.45, 7) is 6.00. The van der Waals surface area contributed by atoms with E-state index >= 15 is 0 Å². The van der Waals surface area contributed by atoms with Crippen LogP contribution in [0.15, 0.2) is 24.3 Å². The van der Waals surface area contributed by atoms with E-state index < -0.39 is 5.97 Å². The lowest BCUT2D eigenvalue weighted by Crippen LogP contribution is -2.29. The molecule has 1 amide bonds. The predicted molar refractivity (Wildman–Crippen MR) is 76.0 cm³/mol. The van der Waals surface area contributed by atoms with Crippen molar-refractivity contribution in [2.24, 2.45) is 5.92 Å². The molecule has 0 aliphatic carbocycles. The Kier molecular flexibility index (Phi) is 6.03. The van der Waals surface area contributed by atoms with E-state index in [2.05, 4.69) is 5.32 Å². The van der Waals surface area contributed by atoms with E-state index in [1.165, 1.54) is 0 Å². The number of hydrogen-bond acceptors (Lipinski definition) is 3. The van der Waals surface area contributed by atoms with E-state index in [0.29, 0.717) is 12.1 Å². The molecule has 1 atom stereocenters. The molecular weight excluding hydrogens is 258 g/mol. The highest BCUT2D eigenvalue weighted by Gasteiger charge is 2.10. The molecular formula is C15H21NO4. The minimum Gasteiger partial charge on any atom is -0.491 e. The molecule has 5 nitrogen and oxygen atoms in total. The van der Waals surface area contributed by atoms with Crippen molar-refractivity contribution in [1.82, 2.24) is 5.32 Å². The van der Waals surface area contributed by atoms with Crippen LogP contribution in [0.5, 0.6) is 5.75 Å². The van der Waals surface area contributed by atoms with Gasteiger partial charge in [-0.15, -0.1) is 0 Å². The normalized spacial score (nSPS) is 12.0. The van der Waals surface area contributed by atoms with E-state index in [0.717, 1.165) is 5.75 Å². The number of nitrogens with one attached hydrogen (secondary N) is 1. The van der Waals surface area contributed by atoms with Crippen molar-refractivity contribution in [2.75, 3.05) is 6.54 Å². The molecule has 5 heteroatoms. The SMILES string of the molecule is CC(CNC(=O)c1ccc(OC(C)C)cc1)CC(=O)O. The lowest BCUT2D eigenvalue weighted by atomic mass is 10.1. The summed E-state index contributed by atoms with van der Waals surface area (Å²) < 4.78 is 5.49. The summed E-state index contributed by atoms with van der Waals surface area (Å²) in [4.78, 5) is 22.4. The summed E-state index contributed by atoms with van der Waals surface area (Å²) in [6.07, 6.45) is 0.132. The summed E-state index contributed by atoms with van der Waals surface area (Å²) in [6, 6.07) is 6.87. The Hall–Kier alpha value is -2.04. The number of carboxylic acids is 1. The summed E-state index contributed by atoms with van der Waals surface area (Å²) in [5.74, 6) is -0.448. The number of aliphatic carboxylic acids is 1. The molecule has 2 N–H and O–H groups in total. The Labute approximate surface area is 118 Å². The van der Waals surface area contributed by atoms with Gasteiger partial charge >= 0.3 is 5.97 Å². The van der Waals surface area contributed by atoms with E-state index in [1.807, 2.05) is 13.8 Å². The van der Waals surface area contributed by atoms with Crippen LogP contribution in [0.25, 0.3) is 0 Å². The molecule has 110 valence electrons. The highest BCUT2D eigenvalue weighted by molar-refractivity contribution is 5.94. The molecule has 0 saturated carbocycles. The van der Waals surface area contributed by atoms with Crippen LogP contribution in [0.1, 0.15) is 37.6 Å². The standard InChI is InChI=1S/C15H21NO4/c1-10(2)20-13-6-4-12(5-7-13)15(19)16-9-11(3)8-14(17)18/h4-7,10-11H,8-9H2,1-3H3,(H,16,19)(H,17,18). The summed E-state index contributed by atoms with van der Waals surface area (Å²) in [5, 5.41) is 11.4. The zero-order valence-electron chi connectivity index (χ0n) is 12.1. The lowest BCUT2D eigenvalue weighted by Gasteiger charge is -2.12. The number of benzene rings is 1. The van der Waals surface area contributed by atoms with Gasteiger partial charge in [0.1, 0.15) is 5.75 Å². The number of carbonyl (C=O) groups is 2. The molecule has 1 aromatic rings. The Morgan fingerprint density at radius 2 is 1.80 bits per heavy atom. The molecule has 0 saturated heterocycles. The zero-order valence-corrected chi connectivity index (χ0v) is 12.1. The van der Waals surface area contributed by atoms with E-state index in [1.54, 1.807) is 31.2 Å². The highest BCUT2D eigenvalue weighted by atomic mass is 16.5. The maximum absolute atomic E-state index is 11.9. The van der Waals surface area contributed by atoms with E-state index in [9.17, 15) is 9.59 Å². The number of carboxylic acid groups (broad SMARTS) is 1. The maximum Gasteiger partial charge on any atom is 0.303 e. The largest absolute Gasteiger partial charge is 0.491 e. The quantitative estimate of drug-likeness (QED) is 0.803. The van der Waals surface area contributed by atoms with Gasteiger partial charge in [-0.1, -0.05) is 6.92 Å². The third-order valence-electron chi connectivity index (χ3n) is 2.62. The van der Waals surface area contributed by atoms with Gasteiger partial charge in [-0.2, -0.15) is 0 Å². The van der Waals surface area contributed by atoms with Crippen molar-refractivity contribution in [3.05, 3.63) is 29.8 Å². The molecule has 0 aliphatic rings. The Morgan fingerprint density at radius 3 is 2.30 bits per heavy atom.